The van der Waals surface area contributed by atoms with Gasteiger partial charge in [0.25, 0.3) is 0 Å². The predicted octanol–water partition coefficient (Wildman–Crippen LogP) is 1.09. The van der Waals surface area contributed by atoms with Crippen LogP contribution in [0.25, 0.3) is 0 Å². The second-order valence-corrected chi connectivity index (χ2v) is 17.2. The van der Waals surface area contributed by atoms with E-state index in [2.05, 4.69) is 15.5 Å². The number of aliphatic hydroxyl groups is 3. The van der Waals surface area contributed by atoms with Gasteiger partial charge in [0.15, 0.2) is 12.1 Å². The second-order valence-electron chi connectivity index (χ2n) is 15.9. The fraction of sp³-hybridized carbons (Fsp3) is 0.548. The predicted molar refractivity (Wildman–Crippen MR) is 225 cm³/mol. The van der Waals surface area contributed by atoms with E-state index in [-0.39, 0.29) is 71.3 Å². The minimum Gasteiger partial charge on any atom is -0.507 e. The third-order valence-electron chi connectivity index (χ3n) is 11.8. The van der Waals surface area contributed by atoms with Crippen LogP contribution < -0.4 is 21.6 Å². The van der Waals surface area contributed by atoms with Gasteiger partial charge in [-0.3, -0.25) is 33.9 Å². The summed E-state index contributed by atoms with van der Waals surface area (Å²) in [5.74, 6) is -2.74. The van der Waals surface area contributed by atoms with E-state index in [1.165, 1.54) is 42.0 Å². The summed E-state index contributed by atoms with van der Waals surface area (Å²) in [4.78, 5) is 71.5. The summed E-state index contributed by atoms with van der Waals surface area (Å²) in [6.45, 7) is 0.918. The van der Waals surface area contributed by atoms with Crippen molar-refractivity contribution >= 4 is 52.6 Å². The van der Waals surface area contributed by atoms with Gasteiger partial charge in [-0.25, -0.2) is 5.43 Å². The number of likely N-dealkylation sites (tertiary alicyclic amines) is 1. The van der Waals surface area contributed by atoms with Gasteiger partial charge in [-0.1, -0.05) is 18.6 Å². The van der Waals surface area contributed by atoms with E-state index in [0.29, 0.717) is 37.3 Å². The molecule has 2 aliphatic carbocycles. The van der Waals surface area contributed by atoms with Crippen molar-refractivity contribution < 1.29 is 63.7 Å². The summed E-state index contributed by atoms with van der Waals surface area (Å²) in [6.07, 6.45) is -2.54. The molecule has 0 spiro atoms. The van der Waals surface area contributed by atoms with Crippen molar-refractivity contribution in [2.24, 2.45) is 21.6 Å². The molecule has 0 saturated carbocycles. The van der Waals surface area contributed by atoms with Gasteiger partial charge in [-0.05, 0) is 38.0 Å². The first-order chi connectivity index (χ1) is 29.5. The highest BCUT2D eigenvalue weighted by molar-refractivity contribution is 8.00. The SMILES string of the molecule is CN=C(N)CCCSC1CC(=O)N(CCCCCC(=O)N/N=C(\CO)[C@]2(O)Cc3c(O)c4c(c(O)c3[C@@H](OC3C[C@H](N)[C@H](O)[C@H](C)O3)C2)C(=O)c2c(OC)cccc2C4=O)C1=O. The lowest BCUT2D eigenvalue weighted by Crippen LogP contribution is -2.53. The molecule has 0 aromatic heterocycles. The highest BCUT2D eigenvalue weighted by Crippen LogP contribution is 2.52. The number of aromatic hydroxyl groups is 2. The first-order valence-corrected chi connectivity index (χ1v) is 21.6. The van der Waals surface area contributed by atoms with Crippen molar-refractivity contribution in [1.29, 1.82) is 0 Å². The highest BCUT2D eigenvalue weighted by atomic mass is 32.2. The van der Waals surface area contributed by atoms with Crippen molar-refractivity contribution in [3.8, 4) is 17.2 Å². The molecule has 0 radical (unpaired) electrons. The van der Waals surface area contributed by atoms with E-state index in [4.69, 9.17) is 25.7 Å². The number of phenolic OH excluding ortho intramolecular Hbond substituents is 2. The monoisotopic (exact) mass is 882 g/mol. The summed E-state index contributed by atoms with van der Waals surface area (Å²) in [5.41, 5.74) is 10.2. The number of rotatable bonds is 17. The molecular formula is C42H54N6O13S. The van der Waals surface area contributed by atoms with Gasteiger partial charge in [0.05, 0.1) is 65.5 Å². The van der Waals surface area contributed by atoms with Crippen LogP contribution in [0.4, 0.5) is 0 Å². The summed E-state index contributed by atoms with van der Waals surface area (Å²) in [5, 5.41) is 60.5. The number of methoxy groups -OCH3 is 1. The maximum atomic E-state index is 14.0. The van der Waals surface area contributed by atoms with Gasteiger partial charge in [0.1, 0.15) is 22.8 Å². The van der Waals surface area contributed by atoms with E-state index in [9.17, 15) is 49.5 Å². The van der Waals surface area contributed by atoms with E-state index in [0.717, 1.165) is 6.42 Å². The number of phenols is 2. The molecule has 4 aliphatic rings. The number of hydrazone groups is 1. The molecule has 0 bridgehead atoms. The normalized spacial score (nSPS) is 26.3. The number of amides is 3. The molecule has 6 rings (SSSR count). The summed E-state index contributed by atoms with van der Waals surface area (Å²) >= 11 is 1.43. The van der Waals surface area contributed by atoms with Crippen LogP contribution in [0.3, 0.4) is 0 Å². The first kappa shape index (κ1) is 46.5. The van der Waals surface area contributed by atoms with Gasteiger partial charge in [-0.15, -0.1) is 11.8 Å². The Morgan fingerprint density at radius 2 is 1.81 bits per heavy atom. The molecule has 2 heterocycles. The number of imide groups is 1. The number of ketones is 2. The topological polar surface area (TPSA) is 306 Å². The molecule has 3 amide bonds. The maximum Gasteiger partial charge on any atom is 0.242 e. The molecule has 62 heavy (non-hydrogen) atoms. The Bertz CT molecular complexity index is 2150. The molecule has 19 nitrogen and oxygen atoms in total. The fourth-order valence-electron chi connectivity index (χ4n) is 8.42. The van der Waals surface area contributed by atoms with E-state index in [1.807, 2.05) is 0 Å². The molecule has 20 heteroatoms. The number of carbonyl (C=O) groups is 5. The number of nitrogens with one attached hydrogen (secondary N) is 1. The smallest absolute Gasteiger partial charge is 0.242 e. The van der Waals surface area contributed by atoms with Gasteiger partial charge >= 0.3 is 0 Å². The van der Waals surface area contributed by atoms with Crippen LogP contribution in [0.5, 0.6) is 17.2 Å². The third-order valence-corrected chi connectivity index (χ3v) is 13.1. The Labute approximate surface area is 361 Å². The quantitative estimate of drug-likeness (QED) is 0.0235. The van der Waals surface area contributed by atoms with Crippen molar-refractivity contribution in [2.75, 3.05) is 33.1 Å². The van der Waals surface area contributed by atoms with E-state index < -0.39 is 101 Å². The Morgan fingerprint density at radius 1 is 1.06 bits per heavy atom. The number of hydrogen-bond donors (Lipinski definition) is 8. The zero-order chi connectivity index (χ0) is 45.0. The largest absolute Gasteiger partial charge is 0.507 e. The Kier molecular flexibility index (Phi) is 14.7. The number of carbonyl (C=O) groups excluding carboxylic acids is 5. The summed E-state index contributed by atoms with van der Waals surface area (Å²) in [7, 11) is 2.93. The minimum atomic E-state index is -2.18. The number of benzene rings is 2. The first-order valence-electron chi connectivity index (χ1n) is 20.5. The highest BCUT2D eigenvalue weighted by Gasteiger charge is 2.50. The lowest BCUT2D eigenvalue weighted by atomic mass is 9.71. The van der Waals surface area contributed by atoms with Gasteiger partial charge in [0, 0.05) is 74.8 Å². The van der Waals surface area contributed by atoms with Crippen molar-refractivity contribution in [1.82, 2.24) is 10.3 Å². The van der Waals surface area contributed by atoms with Crippen LogP contribution in [0.15, 0.2) is 28.3 Å². The average Bonchev–Trinajstić information content (AvgIpc) is 3.51. The third kappa shape index (κ3) is 9.36. The Morgan fingerprint density at radius 3 is 2.50 bits per heavy atom. The van der Waals surface area contributed by atoms with Crippen LogP contribution >= 0.6 is 11.8 Å². The number of fused-ring (bicyclic) bond motifs is 3. The Hall–Kier alpha value is -4.96. The van der Waals surface area contributed by atoms with Crippen LogP contribution in [-0.2, 0) is 30.3 Å². The minimum absolute atomic E-state index is 0.0215. The number of thioether (sulfide) groups is 1. The average molecular weight is 883 g/mol. The van der Waals surface area contributed by atoms with Gasteiger partial charge in [-0.2, -0.15) is 5.10 Å². The lowest BCUT2D eigenvalue weighted by Gasteiger charge is -2.43. The number of amidine groups is 1. The number of aliphatic hydroxyl groups excluding tert-OH is 2. The van der Waals surface area contributed by atoms with Crippen LogP contribution in [0.1, 0.15) is 114 Å². The number of aliphatic imine (C=N–C) groups is 1. The number of ether oxygens (including phenoxy) is 3. The molecule has 2 aliphatic heterocycles. The maximum absolute atomic E-state index is 14.0. The molecule has 2 aromatic rings. The van der Waals surface area contributed by atoms with Crippen LogP contribution in [0, 0.1) is 0 Å². The summed E-state index contributed by atoms with van der Waals surface area (Å²) < 4.78 is 17.5. The standard InChI is InChI=1S/C42H54N6O13S/c1-20-36(52)23(43)15-31(60-20)61-25-18-42(58,17-22-33(25)40(56)35-34(38(22)54)37(53)21-9-7-10-24(59-3)32(21)39(35)55)27(19-49)46-47-29(50)12-5-4-6-13-48-30(51)16-26(41(48)57)62-14-8-11-28(44)45-2/h7,9-10,20,23,25-26,31,36,49,52,54,56,58H,4-6,8,11-19,43H2,1-3H3,(H2,44,45)(H,47,50)/b46-27+/t20-,23-,25-,26?,31?,36+,42-/m0/s1. The fourth-order valence-corrected chi connectivity index (χ4v) is 9.55. The summed E-state index contributed by atoms with van der Waals surface area (Å²) in [6, 6.07) is 3.57. The van der Waals surface area contributed by atoms with E-state index >= 15 is 0 Å². The van der Waals surface area contributed by atoms with Crippen LogP contribution in [-0.4, -0.2) is 140 Å². The molecule has 2 saturated heterocycles. The zero-order valence-electron chi connectivity index (χ0n) is 34.8. The van der Waals surface area contributed by atoms with Crippen molar-refractivity contribution in [3.63, 3.8) is 0 Å². The van der Waals surface area contributed by atoms with Crippen LogP contribution in [0.2, 0.25) is 0 Å². The number of hydrogen-bond acceptors (Lipinski definition) is 17. The van der Waals surface area contributed by atoms with Crippen molar-refractivity contribution in [2.45, 2.75) is 113 Å². The molecule has 10 N–H and O–H groups in total. The molecule has 7 atom stereocenters. The Balaban J connectivity index is 1.16. The second kappa shape index (κ2) is 19.6. The number of nitrogens with zero attached hydrogens (tertiary/aromatic N) is 3. The number of unbranched alkanes of at least 4 members (excludes halogenated alkanes) is 2. The van der Waals surface area contributed by atoms with Gasteiger partial charge < -0.3 is 51.2 Å². The number of nitrogens with two attached hydrogens (primary N) is 2. The molecule has 336 valence electrons. The van der Waals surface area contributed by atoms with Crippen molar-refractivity contribution in [3.05, 3.63) is 51.6 Å². The molecular weight excluding hydrogens is 829 g/mol. The molecule has 2 unspecified atom stereocenters. The van der Waals surface area contributed by atoms with E-state index in [1.54, 1.807) is 14.0 Å². The van der Waals surface area contributed by atoms with Gasteiger partial charge in [0.2, 0.25) is 23.5 Å². The zero-order valence-corrected chi connectivity index (χ0v) is 35.6. The lowest BCUT2D eigenvalue weighted by molar-refractivity contribution is -0.245. The molecule has 2 fully saturated rings. The molecule has 2 aromatic carbocycles.